The molecule has 0 aromatic carbocycles. The van der Waals surface area contributed by atoms with Gasteiger partial charge in [0, 0.05) is 30.5 Å². The Morgan fingerprint density at radius 2 is 1.94 bits per heavy atom. The molecule has 3 heteroatoms. The van der Waals surface area contributed by atoms with Crippen LogP contribution in [0.15, 0.2) is 0 Å². The highest BCUT2D eigenvalue weighted by molar-refractivity contribution is 5.81. The lowest BCUT2D eigenvalue weighted by Gasteiger charge is -2.46. The van der Waals surface area contributed by atoms with E-state index in [9.17, 15) is 4.79 Å². The first-order valence-electron chi connectivity index (χ1n) is 6.93. The highest BCUT2D eigenvalue weighted by Gasteiger charge is 2.40. The van der Waals surface area contributed by atoms with Crippen LogP contribution in [0.5, 0.6) is 0 Å². The number of carbonyl (C=O) groups is 1. The number of nitrogens with one attached hydrogen (secondary N) is 1. The van der Waals surface area contributed by atoms with E-state index in [0.717, 1.165) is 26.2 Å². The Hall–Kier alpha value is -0.570. The molecular formula is C14H26N2O. The quantitative estimate of drug-likeness (QED) is 0.700. The number of piperidine rings is 2. The largest absolute Gasteiger partial charge is 0.342 e. The predicted molar refractivity (Wildman–Crippen MR) is 69.8 cm³/mol. The maximum absolute atomic E-state index is 12.4. The summed E-state index contributed by atoms with van der Waals surface area (Å²) in [5.74, 6) is 0.321. The summed E-state index contributed by atoms with van der Waals surface area (Å²) < 4.78 is 0. The van der Waals surface area contributed by atoms with Gasteiger partial charge in [-0.1, -0.05) is 20.8 Å². The van der Waals surface area contributed by atoms with Gasteiger partial charge >= 0.3 is 0 Å². The number of hydrogen-bond acceptors (Lipinski definition) is 2. The van der Waals surface area contributed by atoms with E-state index >= 15 is 0 Å². The third kappa shape index (κ3) is 2.82. The Morgan fingerprint density at radius 1 is 1.24 bits per heavy atom. The Labute approximate surface area is 105 Å². The molecular weight excluding hydrogens is 212 g/mol. The van der Waals surface area contributed by atoms with E-state index in [1.807, 2.05) is 20.8 Å². The standard InChI is InChI=1S/C14H26N2O/c1-13(2,3)12(17)16-9-5-7-14(11-16)6-4-8-15-10-14/h15H,4-11H2,1-3H3. The van der Waals surface area contributed by atoms with E-state index in [2.05, 4.69) is 10.2 Å². The summed E-state index contributed by atoms with van der Waals surface area (Å²) in [6.45, 7) is 10.2. The molecule has 0 aromatic rings. The minimum Gasteiger partial charge on any atom is -0.342 e. The van der Waals surface area contributed by atoms with Crippen LogP contribution in [0.1, 0.15) is 46.5 Å². The van der Waals surface area contributed by atoms with E-state index < -0.39 is 0 Å². The second-order valence-corrected chi connectivity index (χ2v) is 6.86. The summed E-state index contributed by atoms with van der Waals surface area (Å²) in [5.41, 5.74) is 0.137. The van der Waals surface area contributed by atoms with Gasteiger partial charge in [-0.05, 0) is 32.2 Å². The van der Waals surface area contributed by atoms with E-state index in [4.69, 9.17) is 0 Å². The van der Waals surface area contributed by atoms with Crippen LogP contribution in [0.3, 0.4) is 0 Å². The van der Waals surface area contributed by atoms with Crippen LogP contribution in [0.2, 0.25) is 0 Å². The fraction of sp³-hybridized carbons (Fsp3) is 0.929. The van der Waals surface area contributed by atoms with Crippen LogP contribution in [0.25, 0.3) is 0 Å². The molecule has 1 unspecified atom stereocenters. The van der Waals surface area contributed by atoms with Gasteiger partial charge in [-0.15, -0.1) is 0 Å². The first-order valence-corrected chi connectivity index (χ1v) is 6.93. The molecule has 2 fully saturated rings. The molecule has 1 amide bonds. The maximum Gasteiger partial charge on any atom is 0.227 e. The van der Waals surface area contributed by atoms with Gasteiger partial charge in [0.05, 0.1) is 0 Å². The monoisotopic (exact) mass is 238 g/mol. The van der Waals surface area contributed by atoms with E-state index in [1.54, 1.807) is 0 Å². The van der Waals surface area contributed by atoms with Crippen LogP contribution in [-0.2, 0) is 4.79 Å². The van der Waals surface area contributed by atoms with Crippen molar-refractivity contribution in [3.63, 3.8) is 0 Å². The minimum atomic E-state index is -0.235. The van der Waals surface area contributed by atoms with Crippen molar-refractivity contribution in [2.75, 3.05) is 26.2 Å². The van der Waals surface area contributed by atoms with Crippen LogP contribution < -0.4 is 5.32 Å². The molecule has 0 saturated carbocycles. The zero-order valence-electron chi connectivity index (χ0n) is 11.5. The van der Waals surface area contributed by atoms with Crippen LogP contribution in [0.4, 0.5) is 0 Å². The number of hydrogen-bond donors (Lipinski definition) is 1. The molecule has 0 aromatic heterocycles. The topological polar surface area (TPSA) is 32.3 Å². The molecule has 0 bridgehead atoms. The van der Waals surface area contributed by atoms with Gasteiger partial charge in [0.15, 0.2) is 0 Å². The molecule has 98 valence electrons. The third-order valence-electron chi connectivity index (χ3n) is 4.15. The number of likely N-dealkylation sites (tertiary alicyclic amines) is 1. The van der Waals surface area contributed by atoms with E-state index in [1.165, 1.54) is 25.7 Å². The molecule has 2 heterocycles. The Balaban J connectivity index is 2.04. The SMILES string of the molecule is CC(C)(C)C(=O)N1CCCC2(CCCNC2)C1. The van der Waals surface area contributed by atoms with Gasteiger partial charge in [-0.3, -0.25) is 4.79 Å². The summed E-state index contributed by atoms with van der Waals surface area (Å²) in [5, 5.41) is 3.51. The van der Waals surface area contributed by atoms with Gasteiger partial charge in [0.1, 0.15) is 0 Å². The van der Waals surface area contributed by atoms with Crippen molar-refractivity contribution in [2.45, 2.75) is 46.5 Å². The summed E-state index contributed by atoms with van der Waals surface area (Å²) in [7, 11) is 0. The Kier molecular flexibility index (Phi) is 3.48. The highest BCUT2D eigenvalue weighted by atomic mass is 16.2. The van der Waals surface area contributed by atoms with Crippen molar-refractivity contribution in [1.82, 2.24) is 10.2 Å². The lowest BCUT2D eigenvalue weighted by Crippen LogP contribution is -2.54. The number of nitrogens with zero attached hydrogens (tertiary/aromatic N) is 1. The molecule has 2 aliphatic rings. The van der Waals surface area contributed by atoms with Crippen LogP contribution in [-0.4, -0.2) is 37.0 Å². The Bertz CT molecular complexity index is 282. The van der Waals surface area contributed by atoms with Crippen LogP contribution in [0, 0.1) is 10.8 Å². The van der Waals surface area contributed by atoms with Gasteiger partial charge in [0.25, 0.3) is 0 Å². The van der Waals surface area contributed by atoms with Gasteiger partial charge in [-0.25, -0.2) is 0 Å². The smallest absolute Gasteiger partial charge is 0.227 e. The van der Waals surface area contributed by atoms with Crippen molar-refractivity contribution >= 4 is 5.91 Å². The van der Waals surface area contributed by atoms with Gasteiger partial charge < -0.3 is 10.2 Å². The zero-order valence-corrected chi connectivity index (χ0v) is 11.5. The van der Waals surface area contributed by atoms with E-state index in [-0.39, 0.29) is 5.41 Å². The fourth-order valence-electron chi connectivity index (χ4n) is 3.23. The molecule has 0 aliphatic carbocycles. The molecule has 3 nitrogen and oxygen atoms in total. The predicted octanol–water partition coefficient (Wildman–Crippen LogP) is 2.02. The van der Waals surface area contributed by atoms with Crippen molar-refractivity contribution in [1.29, 1.82) is 0 Å². The first-order chi connectivity index (χ1) is 7.93. The molecule has 17 heavy (non-hydrogen) atoms. The summed E-state index contributed by atoms with van der Waals surface area (Å²) in [6, 6.07) is 0. The van der Waals surface area contributed by atoms with Gasteiger partial charge in [-0.2, -0.15) is 0 Å². The average molecular weight is 238 g/mol. The van der Waals surface area contributed by atoms with Gasteiger partial charge in [0.2, 0.25) is 5.91 Å². The van der Waals surface area contributed by atoms with Crippen molar-refractivity contribution in [3.8, 4) is 0 Å². The summed E-state index contributed by atoms with van der Waals surface area (Å²) >= 11 is 0. The average Bonchev–Trinajstić information content (AvgIpc) is 2.28. The second-order valence-electron chi connectivity index (χ2n) is 6.86. The normalized spacial score (nSPS) is 30.6. The molecule has 1 N–H and O–H groups in total. The second kappa shape index (κ2) is 4.60. The molecule has 2 saturated heterocycles. The Morgan fingerprint density at radius 3 is 2.53 bits per heavy atom. The van der Waals surface area contributed by atoms with Crippen molar-refractivity contribution in [2.24, 2.45) is 10.8 Å². The minimum absolute atomic E-state index is 0.235. The maximum atomic E-state index is 12.4. The first kappa shape index (κ1) is 12.9. The zero-order chi connectivity index (χ0) is 12.5. The van der Waals surface area contributed by atoms with Crippen molar-refractivity contribution in [3.05, 3.63) is 0 Å². The highest BCUT2D eigenvalue weighted by Crippen LogP contribution is 2.37. The molecule has 2 aliphatic heterocycles. The van der Waals surface area contributed by atoms with Crippen molar-refractivity contribution < 1.29 is 4.79 Å². The molecule has 1 spiro atoms. The summed E-state index contributed by atoms with van der Waals surface area (Å²) in [4.78, 5) is 14.5. The lowest BCUT2D eigenvalue weighted by atomic mass is 9.74. The van der Waals surface area contributed by atoms with Crippen LogP contribution >= 0.6 is 0 Å². The molecule has 1 atom stereocenters. The number of amides is 1. The number of carbonyl (C=O) groups excluding carboxylic acids is 1. The van der Waals surface area contributed by atoms with E-state index in [0.29, 0.717) is 11.3 Å². The fourth-order valence-corrected chi connectivity index (χ4v) is 3.23. The summed E-state index contributed by atoms with van der Waals surface area (Å²) in [6.07, 6.45) is 5.00. The third-order valence-corrected chi connectivity index (χ3v) is 4.15. The molecule has 0 radical (unpaired) electrons. The lowest BCUT2D eigenvalue weighted by molar-refractivity contribution is -0.143. The molecule has 2 rings (SSSR count). The number of rotatable bonds is 0.